The molecule has 1 N–H and O–H groups in total. The Morgan fingerprint density at radius 2 is 1.74 bits per heavy atom. The molecule has 5 heteroatoms. The first-order valence-electron chi connectivity index (χ1n) is 6.95. The van der Waals surface area contributed by atoms with E-state index < -0.39 is 0 Å². The highest BCUT2D eigenvalue weighted by Crippen LogP contribution is 2.30. The van der Waals surface area contributed by atoms with Crippen LogP contribution in [0.5, 0.6) is 0 Å². The Balaban J connectivity index is 3.03. The van der Waals surface area contributed by atoms with Crippen LogP contribution in [0.3, 0.4) is 0 Å². The van der Waals surface area contributed by atoms with E-state index >= 15 is 0 Å². The zero-order valence-electron chi connectivity index (χ0n) is 12.6. The van der Waals surface area contributed by atoms with E-state index in [1.807, 2.05) is 0 Å². The third kappa shape index (κ3) is 4.97. The van der Waals surface area contributed by atoms with Crippen molar-refractivity contribution in [2.75, 3.05) is 29.9 Å². The molecule has 0 radical (unpaired) electrons. The van der Waals surface area contributed by atoms with Gasteiger partial charge in [0.2, 0.25) is 0 Å². The van der Waals surface area contributed by atoms with Gasteiger partial charge in [-0.15, -0.1) is 0 Å². The molecule has 1 aromatic heterocycles. The van der Waals surface area contributed by atoms with Crippen molar-refractivity contribution in [1.29, 1.82) is 0 Å². The van der Waals surface area contributed by atoms with Crippen LogP contribution >= 0.6 is 15.9 Å². The fourth-order valence-electron chi connectivity index (χ4n) is 2.00. The van der Waals surface area contributed by atoms with Gasteiger partial charge in [0.15, 0.2) is 0 Å². The number of hydrogen-bond donors (Lipinski definition) is 1. The molecule has 108 valence electrons. The molecule has 19 heavy (non-hydrogen) atoms. The molecule has 1 rings (SSSR count). The number of aromatic nitrogens is 2. The molecule has 0 aliphatic carbocycles. The highest BCUT2D eigenvalue weighted by molar-refractivity contribution is 9.10. The van der Waals surface area contributed by atoms with E-state index in [0.29, 0.717) is 11.8 Å². The molecular formula is C14H25BrN4. The molecule has 0 bridgehead atoms. The van der Waals surface area contributed by atoms with Crippen LogP contribution in [0.4, 0.5) is 11.6 Å². The lowest BCUT2D eigenvalue weighted by Crippen LogP contribution is -2.32. The summed E-state index contributed by atoms with van der Waals surface area (Å²) in [6.45, 7) is 13.8. The van der Waals surface area contributed by atoms with Crippen molar-refractivity contribution in [3.63, 3.8) is 0 Å². The molecule has 0 spiro atoms. The van der Waals surface area contributed by atoms with E-state index in [2.05, 4.69) is 70.7 Å². The van der Waals surface area contributed by atoms with Crippen molar-refractivity contribution in [3.8, 4) is 0 Å². The van der Waals surface area contributed by atoms with Gasteiger partial charge in [-0.3, -0.25) is 0 Å². The van der Waals surface area contributed by atoms with E-state index in [4.69, 9.17) is 0 Å². The summed E-state index contributed by atoms with van der Waals surface area (Å²) in [7, 11) is 0. The van der Waals surface area contributed by atoms with Crippen LogP contribution in [-0.2, 0) is 0 Å². The number of anilines is 2. The van der Waals surface area contributed by atoms with Crippen LogP contribution in [0.1, 0.15) is 34.6 Å². The molecule has 0 atom stereocenters. The minimum Gasteiger partial charge on any atom is -0.369 e. The van der Waals surface area contributed by atoms with Gasteiger partial charge in [0.05, 0.1) is 0 Å². The summed E-state index contributed by atoms with van der Waals surface area (Å²) in [5, 5.41) is 3.25. The summed E-state index contributed by atoms with van der Waals surface area (Å²) < 4.78 is 0.957. The maximum absolute atomic E-state index is 4.46. The van der Waals surface area contributed by atoms with Crippen molar-refractivity contribution in [2.24, 2.45) is 11.8 Å². The topological polar surface area (TPSA) is 41.1 Å². The van der Waals surface area contributed by atoms with Crippen LogP contribution in [0.2, 0.25) is 0 Å². The average molecular weight is 329 g/mol. The fourth-order valence-corrected chi connectivity index (χ4v) is 2.60. The fraction of sp³-hybridized carbons (Fsp3) is 0.714. The third-order valence-corrected chi connectivity index (χ3v) is 3.32. The van der Waals surface area contributed by atoms with Gasteiger partial charge in [-0.2, -0.15) is 0 Å². The molecule has 1 aromatic rings. The number of rotatable bonds is 7. The molecule has 0 aromatic carbocycles. The number of nitrogens with one attached hydrogen (secondary N) is 1. The smallest absolute Gasteiger partial charge is 0.148 e. The first-order chi connectivity index (χ1) is 8.95. The van der Waals surface area contributed by atoms with Crippen molar-refractivity contribution in [1.82, 2.24) is 9.97 Å². The van der Waals surface area contributed by atoms with Crippen molar-refractivity contribution < 1.29 is 0 Å². The van der Waals surface area contributed by atoms with Gasteiger partial charge < -0.3 is 10.2 Å². The second kappa shape index (κ2) is 7.68. The maximum atomic E-state index is 4.46. The largest absolute Gasteiger partial charge is 0.369 e. The predicted octanol–water partition coefficient (Wildman–Crippen LogP) is 3.79. The summed E-state index contributed by atoms with van der Waals surface area (Å²) in [5.41, 5.74) is 0. The molecule has 4 nitrogen and oxygen atoms in total. The molecule has 0 aliphatic heterocycles. The van der Waals surface area contributed by atoms with Crippen molar-refractivity contribution in [2.45, 2.75) is 34.6 Å². The Hall–Kier alpha value is -0.840. The molecule has 1 heterocycles. The lowest BCUT2D eigenvalue weighted by Gasteiger charge is -2.28. The molecule has 0 amide bonds. The summed E-state index contributed by atoms with van der Waals surface area (Å²) in [4.78, 5) is 11.1. The SMILES string of the molecule is CCNc1ncnc(N(CC(C)C)CC(C)C)c1Br. The first kappa shape index (κ1) is 16.2. The molecule has 0 fully saturated rings. The standard InChI is InChI=1S/C14H25BrN4/c1-6-16-13-12(15)14(18-9-17-13)19(7-10(2)3)8-11(4)5/h9-11H,6-8H2,1-5H3,(H,16,17,18). The predicted molar refractivity (Wildman–Crippen MR) is 85.8 cm³/mol. The zero-order valence-corrected chi connectivity index (χ0v) is 14.2. The van der Waals surface area contributed by atoms with Gasteiger partial charge in [-0.1, -0.05) is 27.7 Å². The lowest BCUT2D eigenvalue weighted by atomic mass is 10.1. The van der Waals surface area contributed by atoms with Crippen LogP contribution in [0, 0.1) is 11.8 Å². The highest BCUT2D eigenvalue weighted by atomic mass is 79.9. The van der Waals surface area contributed by atoms with Crippen molar-refractivity contribution >= 4 is 27.6 Å². The molecule has 0 unspecified atom stereocenters. The van der Waals surface area contributed by atoms with Gasteiger partial charge in [0.25, 0.3) is 0 Å². The van der Waals surface area contributed by atoms with E-state index in [1.54, 1.807) is 6.33 Å². The Bertz CT molecular complexity index is 383. The first-order valence-corrected chi connectivity index (χ1v) is 7.74. The van der Waals surface area contributed by atoms with Crippen LogP contribution < -0.4 is 10.2 Å². The highest BCUT2D eigenvalue weighted by Gasteiger charge is 2.17. The minimum absolute atomic E-state index is 0.600. The monoisotopic (exact) mass is 328 g/mol. The Kier molecular flexibility index (Phi) is 6.55. The van der Waals surface area contributed by atoms with E-state index in [-0.39, 0.29) is 0 Å². The lowest BCUT2D eigenvalue weighted by molar-refractivity contribution is 0.548. The van der Waals surface area contributed by atoms with Crippen LogP contribution in [0.15, 0.2) is 10.8 Å². The summed E-state index contributed by atoms with van der Waals surface area (Å²) >= 11 is 3.63. The second-order valence-electron chi connectivity index (χ2n) is 5.58. The number of halogens is 1. The van der Waals surface area contributed by atoms with Crippen LogP contribution in [-0.4, -0.2) is 29.6 Å². The maximum Gasteiger partial charge on any atom is 0.148 e. The minimum atomic E-state index is 0.600. The molecular weight excluding hydrogens is 304 g/mol. The summed E-state index contributed by atoms with van der Waals surface area (Å²) in [6.07, 6.45) is 1.63. The van der Waals surface area contributed by atoms with Gasteiger partial charge >= 0.3 is 0 Å². The van der Waals surface area contributed by atoms with E-state index in [0.717, 1.165) is 35.7 Å². The number of hydrogen-bond acceptors (Lipinski definition) is 4. The number of nitrogens with zero attached hydrogens (tertiary/aromatic N) is 3. The van der Waals surface area contributed by atoms with E-state index in [1.165, 1.54) is 0 Å². The Morgan fingerprint density at radius 1 is 1.16 bits per heavy atom. The van der Waals surface area contributed by atoms with Crippen LogP contribution in [0.25, 0.3) is 0 Å². The van der Waals surface area contributed by atoms with Gasteiger partial charge in [-0.25, -0.2) is 9.97 Å². The van der Waals surface area contributed by atoms with Crippen molar-refractivity contribution in [3.05, 3.63) is 10.8 Å². The summed E-state index contributed by atoms with van der Waals surface area (Å²) in [5.74, 6) is 3.05. The summed E-state index contributed by atoms with van der Waals surface area (Å²) in [6, 6.07) is 0. The van der Waals surface area contributed by atoms with E-state index in [9.17, 15) is 0 Å². The quantitative estimate of drug-likeness (QED) is 0.826. The molecule has 0 saturated heterocycles. The van der Waals surface area contributed by atoms with Gasteiger partial charge in [0, 0.05) is 19.6 Å². The molecule has 0 aliphatic rings. The van der Waals surface area contributed by atoms with Gasteiger partial charge in [-0.05, 0) is 34.7 Å². The Labute approximate surface area is 125 Å². The zero-order chi connectivity index (χ0) is 14.4. The second-order valence-corrected chi connectivity index (χ2v) is 6.38. The molecule has 0 saturated carbocycles. The Morgan fingerprint density at radius 3 is 2.21 bits per heavy atom. The normalized spacial score (nSPS) is 11.2. The van der Waals surface area contributed by atoms with Gasteiger partial charge in [0.1, 0.15) is 22.4 Å². The third-order valence-electron chi connectivity index (χ3n) is 2.59. The average Bonchev–Trinajstić information content (AvgIpc) is 2.30.